The van der Waals surface area contributed by atoms with E-state index < -0.39 is 11.9 Å². The molecule has 0 aromatic heterocycles. The lowest BCUT2D eigenvalue weighted by atomic mass is 9.93. The second-order valence-corrected chi connectivity index (χ2v) is 4.06. The molecule has 1 rings (SSSR count). The normalized spacial score (nSPS) is 11.8. The van der Waals surface area contributed by atoms with Gasteiger partial charge in [-0.1, -0.05) is 23.8 Å². The molecule has 0 heterocycles. The first kappa shape index (κ1) is 12.3. The molecule has 1 aromatic rings. The van der Waals surface area contributed by atoms with Crippen LogP contribution >= 0.6 is 0 Å². The fraction of sp³-hybridized carbons (Fsp3) is 0.385. The van der Waals surface area contributed by atoms with Crippen molar-refractivity contribution in [3.05, 3.63) is 34.9 Å². The van der Waals surface area contributed by atoms with Crippen molar-refractivity contribution in [1.29, 1.82) is 5.26 Å². The van der Waals surface area contributed by atoms with Crippen molar-refractivity contribution in [2.24, 2.45) is 5.92 Å². The van der Waals surface area contributed by atoms with Crippen LogP contribution in [0, 0.1) is 31.1 Å². The van der Waals surface area contributed by atoms with E-state index in [-0.39, 0.29) is 6.42 Å². The van der Waals surface area contributed by atoms with Gasteiger partial charge < -0.3 is 5.11 Å². The molecule has 0 aliphatic heterocycles. The molecule has 1 atom stereocenters. The van der Waals surface area contributed by atoms with Gasteiger partial charge in [-0.2, -0.15) is 5.26 Å². The number of nitriles is 1. The Balaban J connectivity index is 2.82. The molecule has 1 N–H and O–H groups in total. The zero-order valence-corrected chi connectivity index (χ0v) is 9.53. The second kappa shape index (κ2) is 5.32. The molecule has 0 spiro atoms. The molecule has 0 saturated heterocycles. The van der Waals surface area contributed by atoms with E-state index in [9.17, 15) is 4.79 Å². The molecule has 0 saturated carbocycles. The Morgan fingerprint density at radius 3 is 2.75 bits per heavy atom. The summed E-state index contributed by atoms with van der Waals surface area (Å²) in [6.45, 7) is 3.96. The fourth-order valence-electron chi connectivity index (χ4n) is 1.66. The molecule has 0 bridgehead atoms. The maximum atomic E-state index is 10.6. The van der Waals surface area contributed by atoms with Gasteiger partial charge in [0.2, 0.25) is 0 Å². The predicted octanol–water partition coefficient (Wildman–Crippen LogP) is 2.46. The monoisotopic (exact) mass is 217 g/mol. The molecule has 0 radical (unpaired) electrons. The Hall–Kier alpha value is -1.82. The highest BCUT2D eigenvalue weighted by atomic mass is 16.4. The summed E-state index contributed by atoms with van der Waals surface area (Å²) in [4.78, 5) is 10.6. The molecule has 3 nitrogen and oxygen atoms in total. The van der Waals surface area contributed by atoms with Gasteiger partial charge >= 0.3 is 5.97 Å². The zero-order chi connectivity index (χ0) is 12.1. The van der Waals surface area contributed by atoms with Gasteiger partial charge in [0.25, 0.3) is 0 Å². The van der Waals surface area contributed by atoms with Crippen LogP contribution in [0.3, 0.4) is 0 Å². The van der Waals surface area contributed by atoms with Gasteiger partial charge in [-0.05, 0) is 31.4 Å². The predicted molar refractivity (Wildman–Crippen MR) is 61.0 cm³/mol. The third-order valence-electron chi connectivity index (χ3n) is 2.57. The topological polar surface area (TPSA) is 61.1 Å². The van der Waals surface area contributed by atoms with Crippen LogP contribution in [0.15, 0.2) is 18.2 Å². The summed E-state index contributed by atoms with van der Waals surface area (Å²) in [7, 11) is 0. The maximum Gasteiger partial charge on any atom is 0.304 e. The molecule has 84 valence electrons. The maximum absolute atomic E-state index is 10.6. The largest absolute Gasteiger partial charge is 0.481 e. The number of carboxylic acid groups (broad SMARTS) is 1. The highest BCUT2D eigenvalue weighted by Gasteiger charge is 2.14. The number of carbonyl (C=O) groups is 1. The van der Waals surface area contributed by atoms with Gasteiger partial charge in [0.05, 0.1) is 18.4 Å². The van der Waals surface area contributed by atoms with Crippen LogP contribution in [0.4, 0.5) is 0 Å². The average molecular weight is 217 g/mol. The zero-order valence-electron chi connectivity index (χ0n) is 9.53. The summed E-state index contributed by atoms with van der Waals surface area (Å²) in [6.07, 6.45) is 0.417. The van der Waals surface area contributed by atoms with Crippen LogP contribution < -0.4 is 0 Å². The summed E-state index contributed by atoms with van der Waals surface area (Å²) in [5.74, 6) is -1.37. The third kappa shape index (κ3) is 3.39. The van der Waals surface area contributed by atoms with Crippen LogP contribution in [-0.4, -0.2) is 11.1 Å². The van der Waals surface area contributed by atoms with Crippen LogP contribution in [0.25, 0.3) is 0 Å². The molecule has 0 aliphatic carbocycles. The second-order valence-electron chi connectivity index (χ2n) is 4.06. The third-order valence-corrected chi connectivity index (χ3v) is 2.57. The first-order valence-electron chi connectivity index (χ1n) is 5.20. The van der Waals surface area contributed by atoms with E-state index in [4.69, 9.17) is 10.4 Å². The number of aryl methyl sites for hydroxylation is 2. The van der Waals surface area contributed by atoms with Crippen LogP contribution in [0.5, 0.6) is 0 Å². The van der Waals surface area contributed by atoms with Gasteiger partial charge in [-0.3, -0.25) is 4.79 Å². The van der Waals surface area contributed by atoms with E-state index in [1.54, 1.807) is 0 Å². The quantitative estimate of drug-likeness (QED) is 0.842. The molecular formula is C13H15NO2. The number of carboxylic acids is 1. The molecule has 0 fully saturated rings. The van der Waals surface area contributed by atoms with E-state index in [0.717, 1.165) is 16.7 Å². The summed E-state index contributed by atoms with van der Waals surface area (Å²) in [5, 5.41) is 17.5. The molecule has 1 unspecified atom stereocenters. The van der Waals surface area contributed by atoms with Crippen molar-refractivity contribution < 1.29 is 9.90 Å². The highest BCUT2D eigenvalue weighted by molar-refractivity contribution is 5.67. The lowest BCUT2D eigenvalue weighted by molar-refractivity contribution is -0.137. The lowest BCUT2D eigenvalue weighted by Crippen LogP contribution is -2.09. The summed E-state index contributed by atoms with van der Waals surface area (Å²) in [5.41, 5.74) is 3.30. The number of nitrogens with zero attached hydrogens (tertiary/aromatic N) is 1. The number of rotatable bonds is 4. The van der Waals surface area contributed by atoms with Crippen molar-refractivity contribution in [3.8, 4) is 6.07 Å². The molecule has 0 aliphatic rings. The SMILES string of the molecule is Cc1ccc(C)c(CC(C#N)CC(=O)O)c1. The van der Waals surface area contributed by atoms with Crippen LogP contribution in [0.2, 0.25) is 0 Å². The van der Waals surface area contributed by atoms with E-state index in [1.165, 1.54) is 0 Å². The summed E-state index contributed by atoms with van der Waals surface area (Å²) < 4.78 is 0. The highest BCUT2D eigenvalue weighted by Crippen LogP contribution is 2.17. The minimum absolute atomic E-state index is 0.0934. The average Bonchev–Trinajstić information content (AvgIpc) is 2.21. The van der Waals surface area contributed by atoms with E-state index >= 15 is 0 Å². The number of benzene rings is 1. The molecule has 0 amide bonds. The molecule has 16 heavy (non-hydrogen) atoms. The lowest BCUT2D eigenvalue weighted by Gasteiger charge is -2.10. The van der Waals surface area contributed by atoms with E-state index in [1.807, 2.05) is 38.1 Å². The van der Waals surface area contributed by atoms with Crippen LogP contribution in [-0.2, 0) is 11.2 Å². The van der Waals surface area contributed by atoms with Gasteiger partial charge in [-0.15, -0.1) is 0 Å². The van der Waals surface area contributed by atoms with Crippen molar-refractivity contribution in [1.82, 2.24) is 0 Å². The Kier molecular flexibility index (Phi) is 4.07. The van der Waals surface area contributed by atoms with E-state index in [2.05, 4.69) is 0 Å². The number of hydrogen-bond acceptors (Lipinski definition) is 2. The fourth-order valence-corrected chi connectivity index (χ4v) is 1.66. The number of aliphatic carboxylic acids is 1. The Labute approximate surface area is 95.3 Å². The van der Waals surface area contributed by atoms with Gasteiger partial charge in [0.1, 0.15) is 0 Å². The van der Waals surface area contributed by atoms with Gasteiger partial charge in [-0.25, -0.2) is 0 Å². The molecule has 1 aromatic carbocycles. The van der Waals surface area contributed by atoms with Crippen molar-refractivity contribution in [2.75, 3.05) is 0 Å². The first-order chi connectivity index (χ1) is 7.52. The van der Waals surface area contributed by atoms with Gasteiger partial charge in [0, 0.05) is 0 Å². The van der Waals surface area contributed by atoms with Crippen LogP contribution in [0.1, 0.15) is 23.1 Å². The molecular weight excluding hydrogens is 202 g/mol. The minimum atomic E-state index is -0.920. The first-order valence-corrected chi connectivity index (χ1v) is 5.20. The Bertz CT molecular complexity index is 432. The van der Waals surface area contributed by atoms with E-state index in [0.29, 0.717) is 6.42 Å². The molecule has 3 heteroatoms. The van der Waals surface area contributed by atoms with Crippen molar-refractivity contribution in [2.45, 2.75) is 26.7 Å². The number of hydrogen-bond donors (Lipinski definition) is 1. The summed E-state index contributed by atoms with van der Waals surface area (Å²) in [6, 6.07) is 8.07. The Morgan fingerprint density at radius 1 is 1.50 bits per heavy atom. The van der Waals surface area contributed by atoms with Crippen molar-refractivity contribution >= 4 is 5.97 Å². The standard InChI is InChI=1S/C13H15NO2/c1-9-3-4-10(2)12(5-9)6-11(8-14)7-13(15)16/h3-5,11H,6-7H2,1-2H3,(H,15,16). The Morgan fingerprint density at radius 2 is 2.19 bits per heavy atom. The smallest absolute Gasteiger partial charge is 0.304 e. The minimum Gasteiger partial charge on any atom is -0.481 e. The van der Waals surface area contributed by atoms with Gasteiger partial charge in [0.15, 0.2) is 0 Å². The van der Waals surface area contributed by atoms with Crippen molar-refractivity contribution in [3.63, 3.8) is 0 Å². The summed E-state index contributed by atoms with van der Waals surface area (Å²) >= 11 is 0.